The highest BCUT2D eigenvalue weighted by molar-refractivity contribution is 6.30. The van der Waals surface area contributed by atoms with Crippen LogP contribution >= 0.6 is 11.6 Å². The Morgan fingerprint density at radius 3 is 2.82 bits per heavy atom. The Labute approximate surface area is 134 Å². The zero-order valence-electron chi connectivity index (χ0n) is 13.1. The maximum absolute atomic E-state index is 11.9. The second-order valence-corrected chi connectivity index (χ2v) is 5.49. The zero-order chi connectivity index (χ0) is 16.1. The van der Waals surface area contributed by atoms with Gasteiger partial charge in [0.25, 0.3) is 0 Å². The molecule has 0 fully saturated rings. The summed E-state index contributed by atoms with van der Waals surface area (Å²) >= 11 is 5.79. The van der Waals surface area contributed by atoms with E-state index in [1.165, 1.54) is 0 Å². The largest absolute Gasteiger partial charge is 0.338 e. The summed E-state index contributed by atoms with van der Waals surface area (Å²) in [5.74, 6) is 0.730. The highest BCUT2D eigenvalue weighted by Crippen LogP contribution is 2.17. The lowest BCUT2D eigenvalue weighted by Crippen LogP contribution is -2.31. The molecular weight excluding hydrogens is 304 g/mol. The first-order valence-electron chi connectivity index (χ1n) is 7.26. The van der Waals surface area contributed by atoms with Crippen molar-refractivity contribution in [1.29, 1.82) is 0 Å². The van der Waals surface area contributed by atoms with Crippen LogP contribution < -0.4 is 10.6 Å². The average Bonchev–Trinajstić information content (AvgIpc) is 3.01. The van der Waals surface area contributed by atoms with Gasteiger partial charge in [-0.1, -0.05) is 18.5 Å². The number of amides is 2. The predicted octanol–water partition coefficient (Wildman–Crippen LogP) is 2.35. The summed E-state index contributed by atoms with van der Waals surface area (Å²) < 4.78 is 3.44. The summed E-state index contributed by atoms with van der Waals surface area (Å²) in [6.45, 7) is 5.27. The van der Waals surface area contributed by atoms with Crippen LogP contribution in [0.5, 0.6) is 0 Å². The molecule has 0 aromatic carbocycles. The van der Waals surface area contributed by atoms with Gasteiger partial charge in [0, 0.05) is 31.9 Å². The smallest absolute Gasteiger partial charge is 0.320 e. The van der Waals surface area contributed by atoms with Crippen LogP contribution in [0.2, 0.25) is 5.02 Å². The number of aryl methyl sites for hydroxylation is 3. The second-order valence-electron chi connectivity index (χ2n) is 5.05. The van der Waals surface area contributed by atoms with E-state index >= 15 is 0 Å². The Hall–Kier alpha value is -2.02. The van der Waals surface area contributed by atoms with Crippen molar-refractivity contribution in [2.75, 3.05) is 11.9 Å². The third-order valence-electron chi connectivity index (χ3n) is 3.40. The molecule has 0 aliphatic heterocycles. The zero-order valence-corrected chi connectivity index (χ0v) is 13.8. The van der Waals surface area contributed by atoms with Crippen molar-refractivity contribution in [2.45, 2.75) is 33.2 Å². The van der Waals surface area contributed by atoms with Gasteiger partial charge in [0.05, 0.1) is 16.9 Å². The molecule has 0 spiro atoms. The topological polar surface area (TPSA) is 76.8 Å². The number of hydrogen-bond donors (Lipinski definition) is 2. The number of hydrogen-bond acceptors (Lipinski definition) is 3. The van der Waals surface area contributed by atoms with E-state index in [9.17, 15) is 4.79 Å². The van der Waals surface area contributed by atoms with Crippen LogP contribution in [0.4, 0.5) is 10.6 Å². The maximum atomic E-state index is 11.9. The van der Waals surface area contributed by atoms with Gasteiger partial charge in [-0.2, -0.15) is 10.2 Å². The molecule has 0 saturated heterocycles. The molecule has 0 saturated carbocycles. The van der Waals surface area contributed by atoms with Crippen LogP contribution in [0.1, 0.15) is 24.6 Å². The quantitative estimate of drug-likeness (QED) is 0.801. The van der Waals surface area contributed by atoms with E-state index in [0.717, 1.165) is 29.9 Å². The molecule has 2 aromatic rings. The predicted molar refractivity (Wildman–Crippen MR) is 86.2 cm³/mol. The fraction of sp³-hybridized carbons (Fsp3) is 0.500. The van der Waals surface area contributed by atoms with Gasteiger partial charge < -0.3 is 5.32 Å². The highest BCUT2D eigenvalue weighted by atomic mass is 35.5. The maximum Gasteiger partial charge on any atom is 0.320 e. The third-order valence-corrected chi connectivity index (χ3v) is 3.60. The molecule has 0 radical (unpaired) electrons. The van der Waals surface area contributed by atoms with Crippen molar-refractivity contribution in [3.05, 3.63) is 28.7 Å². The Morgan fingerprint density at radius 1 is 1.45 bits per heavy atom. The number of aromatic nitrogens is 4. The monoisotopic (exact) mass is 324 g/mol. The number of carbonyl (C=O) groups excluding carboxylic acids is 1. The van der Waals surface area contributed by atoms with Crippen LogP contribution in [0, 0.1) is 6.92 Å². The van der Waals surface area contributed by atoms with Crippen LogP contribution in [-0.4, -0.2) is 32.1 Å². The lowest BCUT2D eigenvalue weighted by atomic mass is 10.2. The van der Waals surface area contributed by atoms with Gasteiger partial charge in [0.15, 0.2) is 0 Å². The molecule has 22 heavy (non-hydrogen) atoms. The number of nitrogens with one attached hydrogen (secondary N) is 2. The van der Waals surface area contributed by atoms with Gasteiger partial charge >= 0.3 is 6.03 Å². The lowest BCUT2D eigenvalue weighted by Gasteiger charge is -2.09. The number of anilines is 1. The number of urea groups is 1. The summed E-state index contributed by atoms with van der Waals surface area (Å²) in [7, 11) is 1.82. The van der Waals surface area contributed by atoms with E-state index in [4.69, 9.17) is 11.6 Å². The normalized spacial score (nSPS) is 10.7. The minimum absolute atomic E-state index is 0.229. The van der Waals surface area contributed by atoms with Crippen molar-refractivity contribution in [1.82, 2.24) is 24.9 Å². The van der Waals surface area contributed by atoms with Crippen LogP contribution in [0.3, 0.4) is 0 Å². The first-order valence-corrected chi connectivity index (χ1v) is 7.64. The molecule has 2 aromatic heterocycles. The molecular formula is C14H21ClN6O. The SMILES string of the molecule is CCc1nn(C)c(NC(=O)NCCCn2cc(Cl)cn2)c1C. The molecule has 0 aliphatic rings. The Bertz CT molecular complexity index is 648. The summed E-state index contributed by atoms with van der Waals surface area (Å²) in [6.07, 6.45) is 4.97. The van der Waals surface area contributed by atoms with Crippen molar-refractivity contribution in [2.24, 2.45) is 7.05 Å². The molecule has 120 valence electrons. The molecule has 2 N–H and O–H groups in total. The van der Waals surface area contributed by atoms with E-state index in [0.29, 0.717) is 18.1 Å². The molecule has 8 heteroatoms. The van der Waals surface area contributed by atoms with Crippen LogP contribution in [0.15, 0.2) is 12.4 Å². The molecule has 2 amide bonds. The van der Waals surface area contributed by atoms with E-state index in [1.807, 2.05) is 20.9 Å². The van der Waals surface area contributed by atoms with Gasteiger partial charge in [-0.15, -0.1) is 0 Å². The number of rotatable bonds is 6. The van der Waals surface area contributed by atoms with Gasteiger partial charge in [0.1, 0.15) is 5.82 Å². The minimum Gasteiger partial charge on any atom is -0.338 e. The Kier molecular flexibility index (Phi) is 5.43. The molecule has 2 rings (SSSR count). The van der Waals surface area contributed by atoms with Gasteiger partial charge in [-0.3, -0.25) is 14.7 Å². The second kappa shape index (κ2) is 7.31. The minimum atomic E-state index is -0.229. The summed E-state index contributed by atoms with van der Waals surface area (Å²) in [5, 5.41) is 14.7. The van der Waals surface area contributed by atoms with Crippen molar-refractivity contribution < 1.29 is 4.79 Å². The van der Waals surface area contributed by atoms with Crippen molar-refractivity contribution in [3.63, 3.8) is 0 Å². The number of carbonyl (C=O) groups is 1. The lowest BCUT2D eigenvalue weighted by molar-refractivity contribution is 0.251. The van der Waals surface area contributed by atoms with Crippen LogP contribution in [-0.2, 0) is 20.0 Å². The third kappa shape index (κ3) is 4.00. The van der Waals surface area contributed by atoms with E-state index in [2.05, 4.69) is 20.8 Å². The molecule has 2 heterocycles. The average molecular weight is 325 g/mol. The van der Waals surface area contributed by atoms with Crippen LogP contribution in [0.25, 0.3) is 0 Å². The molecule has 0 atom stereocenters. The highest BCUT2D eigenvalue weighted by Gasteiger charge is 2.13. The summed E-state index contributed by atoms with van der Waals surface area (Å²) in [6, 6.07) is -0.229. The first-order chi connectivity index (χ1) is 10.5. The molecule has 7 nitrogen and oxygen atoms in total. The fourth-order valence-electron chi connectivity index (χ4n) is 2.25. The number of nitrogens with zero attached hydrogens (tertiary/aromatic N) is 4. The number of halogens is 1. The van der Waals surface area contributed by atoms with Gasteiger partial charge in [-0.05, 0) is 19.8 Å². The summed E-state index contributed by atoms with van der Waals surface area (Å²) in [4.78, 5) is 11.9. The first kappa shape index (κ1) is 16.4. The van der Waals surface area contributed by atoms with Gasteiger partial charge in [0.2, 0.25) is 0 Å². The van der Waals surface area contributed by atoms with E-state index in [-0.39, 0.29) is 6.03 Å². The van der Waals surface area contributed by atoms with Crippen molar-refractivity contribution >= 4 is 23.4 Å². The van der Waals surface area contributed by atoms with E-state index in [1.54, 1.807) is 21.8 Å². The van der Waals surface area contributed by atoms with Gasteiger partial charge in [-0.25, -0.2) is 4.79 Å². The molecule has 0 bridgehead atoms. The summed E-state index contributed by atoms with van der Waals surface area (Å²) in [5.41, 5.74) is 2.00. The Balaban J connectivity index is 1.77. The molecule has 0 aliphatic carbocycles. The Morgan fingerprint density at radius 2 is 2.23 bits per heavy atom. The van der Waals surface area contributed by atoms with Crippen molar-refractivity contribution in [3.8, 4) is 0 Å². The fourth-order valence-corrected chi connectivity index (χ4v) is 2.41. The molecule has 0 unspecified atom stereocenters. The standard InChI is InChI=1S/C14H21ClN6O/c1-4-12-10(2)13(20(3)19-12)18-14(22)16-6-5-7-21-9-11(15)8-17-21/h8-9H,4-7H2,1-3H3,(H2,16,18,22). The van der Waals surface area contributed by atoms with E-state index < -0.39 is 0 Å².